The van der Waals surface area contributed by atoms with Gasteiger partial charge in [0.1, 0.15) is 0 Å². The molecular formula is C25H50O4. The molecule has 0 aliphatic carbocycles. The van der Waals surface area contributed by atoms with E-state index in [1.54, 1.807) is 7.11 Å². The Balaban J connectivity index is 4.51. The van der Waals surface area contributed by atoms with Crippen LogP contribution in [0.2, 0.25) is 0 Å². The first kappa shape index (κ1) is 28.1. The molecule has 4 heteroatoms. The Labute approximate surface area is 181 Å². The van der Waals surface area contributed by atoms with Gasteiger partial charge >= 0.3 is 5.95 Å². The SMILES string of the molecule is CCCCCCCCOC(CCCCC)=C(OCCCCCCCC)OCOC. The highest BCUT2D eigenvalue weighted by Crippen LogP contribution is 2.19. The monoisotopic (exact) mass is 414 g/mol. The van der Waals surface area contributed by atoms with Crippen LogP contribution in [-0.2, 0) is 18.9 Å². The second-order valence-electron chi connectivity index (χ2n) is 7.95. The fourth-order valence-corrected chi connectivity index (χ4v) is 3.21. The van der Waals surface area contributed by atoms with Crippen molar-refractivity contribution in [1.82, 2.24) is 0 Å². The number of hydrogen-bond acceptors (Lipinski definition) is 4. The number of rotatable bonds is 23. The Morgan fingerprint density at radius 3 is 1.55 bits per heavy atom. The highest BCUT2D eigenvalue weighted by Gasteiger charge is 2.13. The third-order valence-corrected chi connectivity index (χ3v) is 5.05. The molecule has 174 valence electrons. The summed E-state index contributed by atoms with van der Waals surface area (Å²) >= 11 is 0. The molecule has 0 unspecified atom stereocenters. The standard InChI is InChI=1S/C25H50O4/c1-5-8-11-13-15-18-21-27-24(20-17-10-7-3)25(29-23-26-4)28-22-19-16-14-12-9-6-2/h5-23H2,1-4H3. The van der Waals surface area contributed by atoms with Crippen LogP contribution in [0.5, 0.6) is 0 Å². The van der Waals surface area contributed by atoms with Gasteiger partial charge < -0.3 is 18.9 Å². The number of allylic oxidation sites excluding steroid dienone is 1. The molecule has 29 heavy (non-hydrogen) atoms. The minimum Gasteiger partial charge on any atom is -0.491 e. The number of ether oxygens (including phenoxy) is 4. The second kappa shape index (κ2) is 23.4. The van der Waals surface area contributed by atoms with Gasteiger partial charge in [0.2, 0.25) is 0 Å². The molecule has 0 aliphatic rings. The maximum absolute atomic E-state index is 6.14. The van der Waals surface area contributed by atoms with Gasteiger partial charge in [0.25, 0.3) is 0 Å². The zero-order valence-corrected chi connectivity index (χ0v) is 20.1. The van der Waals surface area contributed by atoms with Crippen LogP contribution in [0.25, 0.3) is 0 Å². The number of unbranched alkanes of at least 4 members (excludes halogenated alkanes) is 12. The molecule has 0 spiro atoms. The fourth-order valence-electron chi connectivity index (χ4n) is 3.21. The molecule has 0 aromatic rings. The Morgan fingerprint density at radius 1 is 0.517 bits per heavy atom. The van der Waals surface area contributed by atoms with Gasteiger partial charge in [-0.1, -0.05) is 97.8 Å². The predicted octanol–water partition coefficient (Wildman–Crippen LogP) is 8.11. The van der Waals surface area contributed by atoms with Gasteiger partial charge in [-0.3, -0.25) is 0 Å². The molecule has 0 aromatic heterocycles. The van der Waals surface area contributed by atoms with E-state index in [9.17, 15) is 0 Å². The summed E-state index contributed by atoms with van der Waals surface area (Å²) in [5, 5.41) is 0. The smallest absolute Gasteiger partial charge is 0.321 e. The van der Waals surface area contributed by atoms with Gasteiger partial charge in [0, 0.05) is 13.5 Å². The van der Waals surface area contributed by atoms with E-state index in [4.69, 9.17) is 18.9 Å². The van der Waals surface area contributed by atoms with Gasteiger partial charge in [-0.05, 0) is 19.3 Å². The molecule has 0 fully saturated rings. The van der Waals surface area contributed by atoms with Crippen LogP contribution in [0.15, 0.2) is 11.7 Å². The third kappa shape index (κ3) is 18.8. The largest absolute Gasteiger partial charge is 0.491 e. The van der Waals surface area contributed by atoms with Crippen molar-refractivity contribution in [1.29, 1.82) is 0 Å². The summed E-state index contributed by atoms with van der Waals surface area (Å²) in [7, 11) is 1.64. The predicted molar refractivity (Wildman–Crippen MR) is 123 cm³/mol. The molecule has 0 heterocycles. The number of methoxy groups -OCH3 is 1. The van der Waals surface area contributed by atoms with Crippen molar-refractivity contribution >= 4 is 0 Å². The van der Waals surface area contributed by atoms with E-state index in [2.05, 4.69) is 20.8 Å². The van der Waals surface area contributed by atoms with E-state index < -0.39 is 0 Å². The Hall–Kier alpha value is -0.900. The molecule has 0 saturated heterocycles. The first-order valence-electron chi connectivity index (χ1n) is 12.4. The third-order valence-electron chi connectivity index (χ3n) is 5.05. The molecule has 0 aromatic carbocycles. The summed E-state index contributed by atoms with van der Waals surface area (Å²) in [5.41, 5.74) is 0. The zero-order valence-electron chi connectivity index (χ0n) is 20.1. The summed E-state index contributed by atoms with van der Waals surface area (Å²) in [6.07, 6.45) is 19.4. The molecule has 0 rings (SSSR count). The Morgan fingerprint density at radius 2 is 1.00 bits per heavy atom. The molecule has 0 aliphatic heterocycles. The van der Waals surface area contributed by atoms with E-state index in [0.717, 1.165) is 38.0 Å². The Kier molecular flexibility index (Phi) is 22.7. The van der Waals surface area contributed by atoms with Crippen LogP contribution in [-0.4, -0.2) is 27.1 Å². The van der Waals surface area contributed by atoms with E-state index in [-0.39, 0.29) is 6.79 Å². The molecule has 0 N–H and O–H groups in total. The van der Waals surface area contributed by atoms with Crippen LogP contribution >= 0.6 is 0 Å². The quantitative estimate of drug-likeness (QED) is 0.0961. The first-order valence-corrected chi connectivity index (χ1v) is 12.4. The maximum atomic E-state index is 6.14. The first-order chi connectivity index (χ1) is 14.3. The average Bonchev–Trinajstić information content (AvgIpc) is 2.73. The van der Waals surface area contributed by atoms with Crippen molar-refractivity contribution in [2.75, 3.05) is 27.1 Å². The van der Waals surface area contributed by atoms with Crippen LogP contribution in [0, 0.1) is 0 Å². The van der Waals surface area contributed by atoms with Gasteiger partial charge in [-0.15, -0.1) is 0 Å². The van der Waals surface area contributed by atoms with E-state index in [0.29, 0.717) is 12.6 Å². The highest BCUT2D eigenvalue weighted by molar-refractivity contribution is 4.95. The molecule has 0 amide bonds. The Bertz CT molecular complexity index is 355. The zero-order chi connectivity index (χ0) is 21.4. The number of hydrogen-bond donors (Lipinski definition) is 0. The summed E-state index contributed by atoms with van der Waals surface area (Å²) in [6.45, 7) is 8.35. The van der Waals surface area contributed by atoms with Gasteiger partial charge in [-0.2, -0.15) is 0 Å². The van der Waals surface area contributed by atoms with Crippen LogP contribution in [0.1, 0.15) is 124 Å². The second-order valence-corrected chi connectivity index (χ2v) is 7.95. The summed E-state index contributed by atoms with van der Waals surface area (Å²) in [4.78, 5) is 0. The van der Waals surface area contributed by atoms with Crippen molar-refractivity contribution in [3.63, 3.8) is 0 Å². The molecule has 0 radical (unpaired) electrons. The molecule has 4 nitrogen and oxygen atoms in total. The minimum atomic E-state index is 0.198. The van der Waals surface area contributed by atoms with Crippen molar-refractivity contribution in [2.24, 2.45) is 0 Å². The topological polar surface area (TPSA) is 36.9 Å². The van der Waals surface area contributed by atoms with Gasteiger partial charge in [-0.25, -0.2) is 0 Å². The summed E-state index contributed by atoms with van der Waals surface area (Å²) < 4.78 is 23.0. The lowest BCUT2D eigenvalue weighted by Gasteiger charge is -2.17. The van der Waals surface area contributed by atoms with Crippen LogP contribution in [0.4, 0.5) is 0 Å². The van der Waals surface area contributed by atoms with Crippen molar-refractivity contribution in [3.05, 3.63) is 11.7 Å². The van der Waals surface area contributed by atoms with Crippen molar-refractivity contribution in [2.45, 2.75) is 124 Å². The summed E-state index contributed by atoms with van der Waals surface area (Å²) in [6, 6.07) is 0. The average molecular weight is 415 g/mol. The normalized spacial score (nSPS) is 12.0. The van der Waals surface area contributed by atoms with E-state index in [1.807, 2.05) is 0 Å². The fraction of sp³-hybridized carbons (Fsp3) is 0.920. The lowest BCUT2D eigenvalue weighted by molar-refractivity contribution is -0.0692. The molecule has 0 atom stereocenters. The summed E-state index contributed by atoms with van der Waals surface area (Å²) in [5.74, 6) is 1.41. The molecular weight excluding hydrogens is 364 g/mol. The van der Waals surface area contributed by atoms with E-state index >= 15 is 0 Å². The minimum absolute atomic E-state index is 0.198. The van der Waals surface area contributed by atoms with E-state index in [1.165, 1.54) is 77.0 Å². The van der Waals surface area contributed by atoms with Gasteiger partial charge in [0.15, 0.2) is 12.6 Å². The van der Waals surface area contributed by atoms with Crippen LogP contribution in [0.3, 0.4) is 0 Å². The van der Waals surface area contributed by atoms with Crippen molar-refractivity contribution < 1.29 is 18.9 Å². The highest BCUT2D eigenvalue weighted by atomic mass is 16.7. The molecule has 0 saturated carbocycles. The maximum Gasteiger partial charge on any atom is 0.321 e. The van der Waals surface area contributed by atoms with Crippen molar-refractivity contribution in [3.8, 4) is 0 Å². The molecule has 0 bridgehead atoms. The van der Waals surface area contributed by atoms with Crippen LogP contribution < -0.4 is 0 Å². The lowest BCUT2D eigenvalue weighted by atomic mass is 10.1. The lowest BCUT2D eigenvalue weighted by Crippen LogP contribution is -2.09. The van der Waals surface area contributed by atoms with Gasteiger partial charge in [0.05, 0.1) is 13.2 Å².